The number of nitrogens with one attached hydrogen (secondary N) is 2. The summed E-state index contributed by atoms with van der Waals surface area (Å²) in [5, 5.41) is 6.49. The number of hydrogen-bond acceptors (Lipinski definition) is 11. The van der Waals surface area contributed by atoms with Crippen LogP contribution in [0.1, 0.15) is 106 Å². The van der Waals surface area contributed by atoms with Crippen LogP contribution in [0.4, 0.5) is 0 Å². The molecule has 2 aromatic carbocycles. The summed E-state index contributed by atoms with van der Waals surface area (Å²) in [5.41, 5.74) is 4.65. The van der Waals surface area contributed by atoms with E-state index in [0.29, 0.717) is 0 Å². The SMILES string of the molecule is CC(C)(C)C(=O)OC[C@H]1O[C@@H](NC(=S)N[C@H](c2ccccc2)[C@H](N)c2ccccc2)[C@H](OC(=O)C(C)(C)C)[C@@H](OC(=O)C(C)(C)C)[C@@H]1OC(=O)C(C)(C)C. The van der Waals surface area contributed by atoms with Gasteiger partial charge in [0.15, 0.2) is 29.7 Å². The third-order valence-electron chi connectivity index (χ3n) is 8.45. The minimum absolute atomic E-state index is 0.0634. The molecular formula is C41H59N3O9S. The van der Waals surface area contributed by atoms with E-state index in [9.17, 15) is 19.2 Å². The van der Waals surface area contributed by atoms with Crippen LogP contribution in [0.2, 0.25) is 0 Å². The third kappa shape index (κ3) is 12.2. The fraction of sp³-hybridized carbons (Fsp3) is 0.585. The number of hydrogen-bond donors (Lipinski definition) is 3. The van der Waals surface area contributed by atoms with Crippen molar-refractivity contribution >= 4 is 41.2 Å². The van der Waals surface area contributed by atoms with Gasteiger partial charge < -0.3 is 40.1 Å². The highest BCUT2D eigenvalue weighted by molar-refractivity contribution is 7.80. The van der Waals surface area contributed by atoms with E-state index in [2.05, 4.69) is 10.6 Å². The molecule has 0 spiro atoms. The Bertz CT molecular complexity index is 1610. The molecule has 0 bridgehead atoms. The highest BCUT2D eigenvalue weighted by atomic mass is 32.1. The van der Waals surface area contributed by atoms with Crippen LogP contribution < -0.4 is 16.4 Å². The number of rotatable bonds is 10. The van der Waals surface area contributed by atoms with Crippen molar-refractivity contribution < 1.29 is 42.9 Å². The normalized spacial score (nSPS) is 21.8. The van der Waals surface area contributed by atoms with Crippen LogP contribution in [0.15, 0.2) is 60.7 Å². The van der Waals surface area contributed by atoms with Gasteiger partial charge in [-0.3, -0.25) is 19.2 Å². The van der Waals surface area contributed by atoms with Gasteiger partial charge in [-0.2, -0.15) is 0 Å². The lowest BCUT2D eigenvalue weighted by Crippen LogP contribution is -2.67. The second kappa shape index (κ2) is 17.6. The molecule has 1 aliphatic rings. The van der Waals surface area contributed by atoms with Gasteiger partial charge in [0.05, 0.1) is 33.7 Å². The second-order valence-electron chi connectivity index (χ2n) is 17.7. The van der Waals surface area contributed by atoms with E-state index >= 15 is 0 Å². The van der Waals surface area contributed by atoms with Crippen LogP contribution in [-0.4, -0.2) is 66.2 Å². The minimum Gasteiger partial charge on any atom is -0.462 e. The largest absolute Gasteiger partial charge is 0.462 e. The van der Waals surface area contributed by atoms with Crippen molar-refractivity contribution in [1.82, 2.24) is 10.6 Å². The summed E-state index contributed by atoms with van der Waals surface area (Å²) in [5.74, 6) is -2.50. The smallest absolute Gasteiger partial charge is 0.311 e. The lowest BCUT2D eigenvalue weighted by molar-refractivity contribution is -0.262. The van der Waals surface area contributed by atoms with Crippen molar-refractivity contribution in [3.05, 3.63) is 71.8 Å². The maximum Gasteiger partial charge on any atom is 0.311 e. The summed E-state index contributed by atoms with van der Waals surface area (Å²) in [4.78, 5) is 53.7. The summed E-state index contributed by atoms with van der Waals surface area (Å²) in [6.45, 7) is 19.7. The Kier molecular flexibility index (Phi) is 14.4. The molecule has 12 nitrogen and oxygen atoms in total. The zero-order valence-corrected chi connectivity index (χ0v) is 34.5. The van der Waals surface area contributed by atoms with E-state index in [1.165, 1.54) is 0 Å². The zero-order valence-electron chi connectivity index (χ0n) is 33.7. The predicted octanol–water partition coefficient (Wildman–Crippen LogP) is 6.08. The summed E-state index contributed by atoms with van der Waals surface area (Å²) in [6, 6.07) is 18.0. The summed E-state index contributed by atoms with van der Waals surface area (Å²) in [7, 11) is 0. The molecule has 0 amide bonds. The van der Waals surface area contributed by atoms with Gasteiger partial charge in [0.2, 0.25) is 0 Å². The Morgan fingerprint density at radius 1 is 0.648 bits per heavy atom. The molecule has 4 N–H and O–H groups in total. The first-order chi connectivity index (χ1) is 24.8. The average Bonchev–Trinajstić information content (AvgIpc) is 3.07. The number of carbonyl (C=O) groups excluding carboxylic acids is 4. The summed E-state index contributed by atoms with van der Waals surface area (Å²) < 4.78 is 30.5. The molecule has 0 saturated carbocycles. The van der Waals surface area contributed by atoms with E-state index in [1.54, 1.807) is 83.1 Å². The van der Waals surface area contributed by atoms with Gasteiger partial charge in [-0.15, -0.1) is 0 Å². The molecule has 1 saturated heterocycles. The fourth-order valence-electron chi connectivity index (χ4n) is 5.07. The molecule has 1 fully saturated rings. The molecule has 0 unspecified atom stereocenters. The molecule has 298 valence electrons. The summed E-state index contributed by atoms with van der Waals surface area (Å²) >= 11 is 5.87. The van der Waals surface area contributed by atoms with Crippen LogP contribution in [0, 0.1) is 21.7 Å². The van der Waals surface area contributed by atoms with Crippen molar-refractivity contribution in [2.45, 2.75) is 126 Å². The molecule has 0 radical (unpaired) electrons. The zero-order chi connectivity index (χ0) is 40.8. The Morgan fingerprint density at radius 2 is 1.06 bits per heavy atom. The van der Waals surface area contributed by atoms with E-state index < -0.39 is 94.9 Å². The number of esters is 4. The van der Waals surface area contributed by atoms with Crippen molar-refractivity contribution in [3.63, 3.8) is 0 Å². The molecule has 1 heterocycles. The number of nitrogens with two attached hydrogens (primary N) is 1. The molecule has 3 rings (SSSR count). The van der Waals surface area contributed by atoms with Gasteiger partial charge in [-0.1, -0.05) is 60.7 Å². The van der Waals surface area contributed by atoms with Crippen molar-refractivity contribution in [2.75, 3.05) is 6.61 Å². The predicted molar refractivity (Wildman–Crippen MR) is 209 cm³/mol. The molecule has 1 aliphatic heterocycles. The first-order valence-corrected chi connectivity index (χ1v) is 18.6. The molecule has 13 heteroatoms. The lowest BCUT2D eigenvalue weighted by Gasteiger charge is -2.46. The molecule has 0 aromatic heterocycles. The highest BCUT2D eigenvalue weighted by Gasteiger charge is 2.55. The molecule has 54 heavy (non-hydrogen) atoms. The van der Waals surface area contributed by atoms with E-state index in [0.717, 1.165) is 11.1 Å². The van der Waals surface area contributed by atoms with Gasteiger partial charge in [-0.25, -0.2) is 0 Å². The maximum absolute atomic E-state index is 13.6. The topological polar surface area (TPSA) is 165 Å². The standard InChI is InChI=1S/C41H59N3O9S/c1-38(2,3)33(45)49-23-26-29(51-34(46)39(4,5)6)30(52-35(47)40(7,8)9)31(53-36(48)41(10,11)12)32(50-26)44-37(54)43-28(25-21-17-14-18-22-25)27(42)24-19-15-13-16-20-24/h13-22,26-32H,23,42H2,1-12H3,(H2,43,44,54)/t26-,27-,28-,29-,30+,31-,32-/m1/s1. The number of ether oxygens (including phenoxy) is 5. The van der Waals surface area contributed by atoms with Crippen LogP contribution in [0.5, 0.6) is 0 Å². The van der Waals surface area contributed by atoms with Gasteiger partial charge in [0, 0.05) is 0 Å². The molecule has 7 atom stereocenters. The van der Waals surface area contributed by atoms with Gasteiger partial charge in [-0.05, 0) is 106 Å². The molecule has 2 aromatic rings. The summed E-state index contributed by atoms with van der Waals surface area (Å²) in [6.07, 6.45) is -6.73. The van der Waals surface area contributed by atoms with Gasteiger partial charge in [0.1, 0.15) is 12.7 Å². The second-order valence-corrected chi connectivity index (χ2v) is 18.2. The molecular weight excluding hydrogens is 711 g/mol. The first-order valence-electron chi connectivity index (χ1n) is 18.2. The van der Waals surface area contributed by atoms with Crippen molar-refractivity contribution in [3.8, 4) is 0 Å². The quantitative estimate of drug-likeness (QED) is 0.145. The van der Waals surface area contributed by atoms with Crippen LogP contribution in [-0.2, 0) is 42.9 Å². The minimum atomic E-state index is -1.43. The maximum atomic E-state index is 13.6. The van der Waals surface area contributed by atoms with Crippen LogP contribution in [0.3, 0.4) is 0 Å². The molecule has 0 aliphatic carbocycles. The Morgan fingerprint density at radius 3 is 1.50 bits per heavy atom. The number of thiocarbonyl (C=S) groups is 1. The van der Waals surface area contributed by atoms with E-state index in [1.807, 2.05) is 60.7 Å². The van der Waals surface area contributed by atoms with Crippen molar-refractivity contribution in [2.24, 2.45) is 27.4 Å². The lowest BCUT2D eigenvalue weighted by atomic mass is 9.92. The van der Waals surface area contributed by atoms with Crippen molar-refractivity contribution in [1.29, 1.82) is 0 Å². The van der Waals surface area contributed by atoms with Crippen LogP contribution >= 0.6 is 12.2 Å². The van der Waals surface area contributed by atoms with E-state index in [4.69, 9.17) is 41.6 Å². The fourth-order valence-corrected chi connectivity index (χ4v) is 5.31. The first kappa shape index (κ1) is 44.3. The van der Waals surface area contributed by atoms with Gasteiger partial charge >= 0.3 is 23.9 Å². The van der Waals surface area contributed by atoms with Gasteiger partial charge in [0.25, 0.3) is 0 Å². The van der Waals surface area contributed by atoms with E-state index in [-0.39, 0.29) is 5.11 Å². The average molecular weight is 770 g/mol. The third-order valence-corrected chi connectivity index (χ3v) is 8.69. The number of benzene rings is 2. The van der Waals surface area contributed by atoms with Crippen LogP contribution in [0.25, 0.3) is 0 Å². The Labute approximate surface area is 325 Å². The Hall–Kier alpha value is -4.07. The monoisotopic (exact) mass is 769 g/mol. The number of carbonyl (C=O) groups is 4. The highest BCUT2D eigenvalue weighted by Crippen LogP contribution is 2.34. The Balaban J connectivity index is 2.14.